The summed E-state index contributed by atoms with van der Waals surface area (Å²) in [6.45, 7) is -0.0580. The molecule has 2 rings (SSSR count). The number of aliphatic hydroxyl groups is 1. The molecule has 0 aliphatic heterocycles. The van der Waals surface area contributed by atoms with Crippen molar-refractivity contribution in [1.82, 2.24) is 0 Å². The van der Waals surface area contributed by atoms with E-state index in [1.54, 1.807) is 12.1 Å². The van der Waals surface area contributed by atoms with Gasteiger partial charge in [0.1, 0.15) is 0 Å². The minimum atomic E-state index is -3.26. The zero-order chi connectivity index (χ0) is 11.1. The summed E-state index contributed by atoms with van der Waals surface area (Å²) < 4.78 is 23.8. The van der Waals surface area contributed by atoms with Gasteiger partial charge in [-0.1, -0.05) is 11.6 Å². The summed E-state index contributed by atoms with van der Waals surface area (Å²) in [5.74, 6) is -0.0920. The first-order valence-electron chi connectivity index (χ1n) is 4.66. The minimum Gasteiger partial charge on any atom is -0.396 e. The molecule has 1 fully saturated rings. The maximum atomic E-state index is 11.9. The van der Waals surface area contributed by atoms with Gasteiger partial charge in [-0.25, -0.2) is 8.42 Å². The highest BCUT2D eigenvalue weighted by Gasteiger charge is 2.47. The third-order valence-electron chi connectivity index (χ3n) is 2.63. The van der Waals surface area contributed by atoms with Gasteiger partial charge in [0.25, 0.3) is 0 Å². The van der Waals surface area contributed by atoms with Crippen LogP contribution in [0, 0.1) is 5.92 Å². The van der Waals surface area contributed by atoms with Gasteiger partial charge < -0.3 is 5.11 Å². The van der Waals surface area contributed by atoms with E-state index in [9.17, 15) is 8.42 Å². The Hall–Kier alpha value is -0.580. The van der Waals surface area contributed by atoms with Crippen LogP contribution in [0.2, 0.25) is 5.02 Å². The van der Waals surface area contributed by atoms with Crippen LogP contribution in [0.5, 0.6) is 0 Å². The second-order valence-corrected chi connectivity index (χ2v) is 6.32. The molecule has 5 heteroatoms. The van der Waals surface area contributed by atoms with Crippen LogP contribution in [0.3, 0.4) is 0 Å². The monoisotopic (exact) mass is 246 g/mol. The Labute approximate surface area is 93.6 Å². The number of sulfone groups is 1. The molecule has 1 aliphatic rings. The molecule has 15 heavy (non-hydrogen) atoms. The lowest BCUT2D eigenvalue weighted by Crippen LogP contribution is -2.10. The molecule has 0 unspecified atom stereocenters. The van der Waals surface area contributed by atoms with Crippen molar-refractivity contribution < 1.29 is 13.5 Å². The molecule has 0 amide bonds. The van der Waals surface area contributed by atoms with E-state index in [0.29, 0.717) is 11.4 Å². The first kappa shape index (κ1) is 10.9. The summed E-state index contributed by atoms with van der Waals surface area (Å²) in [4.78, 5) is 0.285. The fourth-order valence-electron chi connectivity index (χ4n) is 1.59. The Morgan fingerprint density at radius 1 is 1.33 bits per heavy atom. The quantitative estimate of drug-likeness (QED) is 0.879. The predicted octanol–water partition coefficient (Wildman–Crippen LogP) is 1.49. The van der Waals surface area contributed by atoms with Crippen molar-refractivity contribution in [2.24, 2.45) is 5.92 Å². The second-order valence-electron chi connectivity index (χ2n) is 3.72. The average molecular weight is 247 g/mol. The van der Waals surface area contributed by atoms with Crippen molar-refractivity contribution >= 4 is 21.4 Å². The average Bonchev–Trinajstić information content (AvgIpc) is 2.98. The third kappa shape index (κ3) is 2.02. The van der Waals surface area contributed by atoms with Gasteiger partial charge in [-0.05, 0) is 30.7 Å². The van der Waals surface area contributed by atoms with Crippen molar-refractivity contribution in [2.45, 2.75) is 16.6 Å². The summed E-state index contributed by atoms with van der Waals surface area (Å²) in [5, 5.41) is 8.95. The lowest BCUT2D eigenvalue weighted by Gasteiger charge is -2.02. The zero-order valence-electron chi connectivity index (χ0n) is 7.93. The molecule has 82 valence electrons. The van der Waals surface area contributed by atoms with Gasteiger partial charge in [-0.2, -0.15) is 0 Å². The molecule has 1 N–H and O–H groups in total. The first-order valence-corrected chi connectivity index (χ1v) is 6.58. The molecule has 0 bridgehead atoms. The predicted molar refractivity (Wildman–Crippen MR) is 57.6 cm³/mol. The molecule has 3 nitrogen and oxygen atoms in total. The van der Waals surface area contributed by atoms with Crippen LogP contribution in [0.25, 0.3) is 0 Å². The van der Waals surface area contributed by atoms with Gasteiger partial charge in [0.15, 0.2) is 9.84 Å². The molecule has 1 aliphatic carbocycles. The molecule has 0 radical (unpaired) electrons. The third-order valence-corrected chi connectivity index (χ3v) is 5.19. The summed E-state index contributed by atoms with van der Waals surface area (Å²) >= 11 is 5.68. The molecule has 0 spiro atoms. The van der Waals surface area contributed by atoms with E-state index in [1.807, 2.05) is 0 Å². The van der Waals surface area contributed by atoms with Gasteiger partial charge in [0.05, 0.1) is 10.1 Å². The van der Waals surface area contributed by atoms with E-state index < -0.39 is 15.1 Å². The Morgan fingerprint density at radius 3 is 2.40 bits per heavy atom. The van der Waals surface area contributed by atoms with Crippen molar-refractivity contribution in [2.75, 3.05) is 6.61 Å². The van der Waals surface area contributed by atoms with E-state index in [-0.39, 0.29) is 17.4 Å². The normalized spacial score (nSPS) is 25.2. The van der Waals surface area contributed by atoms with Gasteiger partial charge in [-0.15, -0.1) is 0 Å². The highest BCUT2D eigenvalue weighted by Crippen LogP contribution is 2.40. The lowest BCUT2D eigenvalue weighted by atomic mass is 10.4. The van der Waals surface area contributed by atoms with Crippen LogP contribution in [-0.4, -0.2) is 25.4 Å². The SMILES string of the molecule is O=S(=O)(c1ccc(Cl)cc1)[C@@H]1C[C@@H]1CO. The van der Waals surface area contributed by atoms with Crippen LogP contribution in [0.4, 0.5) is 0 Å². The standard InChI is InChI=1S/C10H11ClO3S/c11-8-1-3-9(4-2-8)15(13,14)10-5-7(10)6-12/h1-4,7,10,12H,5-6H2/t7-,10-/m1/s1. The van der Waals surface area contributed by atoms with E-state index in [2.05, 4.69) is 0 Å². The summed E-state index contributed by atoms with van der Waals surface area (Å²) in [7, 11) is -3.26. The van der Waals surface area contributed by atoms with Crippen LogP contribution < -0.4 is 0 Å². The van der Waals surface area contributed by atoms with Crippen molar-refractivity contribution in [3.8, 4) is 0 Å². The molecule has 0 saturated heterocycles. The zero-order valence-corrected chi connectivity index (χ0v) is 9.50. The largest absolute Gasteiger partial charge is 0.396 e. The molecular weight excluding hydrogens is 236 g/mol. The second kappa shape index (κ2) is 3.77. The topological polar surface area (TPSA) is 54.4 Å². The van der Waals surface area contributed by atoms with Crippen LogP contribution in [0.15, 0.2) is 29.2 Å². The summed E-state index contributed by atoms with van der Waals surface area (Å²) in [6.07, 6.45) is 0.557. The maximum Gasteiger partial charge on any atom is 0.181 e. The highest BCUT2D eigenvalue weighted by atomic mass is 35.5. The molecule has 0 aromatic heterocycles. The highest BCUT2D eigenvalue weighted by molar-refractivity contribution is 7.92. The van der Waals surface area contributed by atoms with Gasteiger partial charge >= 0.3 is 0 Å². The van der Waals surface area contributed by atoms with E-state index in [0.717, 1.165) is 0 Å². The molecule has 2 atom stereocenters. The minimum absolute atomic E-state index is 0.0580. The number of aliphatic hydroxyl groups excluding tert-OH is 1. The number of rotatable bonds is 3. The van der Waals surface area contributed by atoms with E-state index in [4.69, 9.17) is 16.7 Å². The molecular formula is C10H11ClO3S. The van der Waals surface area contributed by atoms with Gasteiger partial charge in [0.2, 0.25) is 0 Å². The van der Waals surface area contributed by atoms with Crippen LogP contribution in [0.1, 0.15) is 6.42 Å². The summed E-state index contributed by atoms with van der Waals surface area (Å²) in [5.41, 5.74) is 0. The van der Waals surface area contributed by atoms with Gasteiger partial charge in [0, 0.05) is 17.5 Å². The maximum absolute atomic E-state index is 11.9. The Kier molecular flexibility index (Phi) is 2.75. The van der Waals surface area contributed by atoms with E-state index >= 15 is 0 Å². The van der Waals surface area contributed by atoms with Gasteiger partial charge in [-0.3, -0.25) is 0 Å². The Morgan fingerprint density at radius 2 is 1.93 bits per heavy atom. The molecule has 1 saturated carbocycles. The number of benzene rings is 1. The lowest BCUT2D eigenvalue weighted by molar-refractivity contribution is 0.277. The smallest absolute Gasteiger partial charge is 0.181 e. The number of hydrogen-bond acceptors (Lipinski definition) is 3. The molecule has 0 heterocycles. The van der Waals surface area contributed by atoms with Crippen LogP contribution in [-0.2, 0) is 9.84 Å². The number of hydrogen-bond donors (Lipinski definition) is 1. The Bertz CT molecular complexity index is 452. The van der Waals surface area contributed by atoms with Crippen LogP contribution >= 0.6 is 11.6 Å². The van der Waals surface area contributed by atoms with Crippen molar-refractivity contribution in [3.63, 3.8) is 0 Å². The van der Waals surface area contributed by atoms with Crippen molar-refractivity contribution in [3.05, 3.63) is 29.3 Å². The molecule has 1 aromatic carbocycles. The fourth-order valence-corrected chi connectivity index (χ4v) is 3.68. The first-order chi connectivity index (χ1) is 7.05. The summed E-state index contributed by atoms with van der Waals surface area (Å²) in [6, 6.07) is 6.13. The number of halogens is 1. The van der Waals surface area contributed by atoms with E-state index in [1.165, 1.54) is 12.1 Å². The Balaban J connectivity index is 2.27. The fraction of sp³-hybridized carbons (Fsp3) is 0.400. The molecule has 1 aromatic rings. The van der Waals surface area contributed by atoms with Crippen molar-refractivity contribution in [1.29, 1.82) is 0 Å².